The Labute approximate surface area is 135 Å². The SMILES string of the molecule is O=NC(c1ccc(-c2ccc(Cl)cc2)cc1)C(F)(F)CC(=O)O. The summed E-state index contributed by atoms with van der Waals surface area (Å²) in [7, 11) is 0. The highest BCUT2D eigenvalue weighted by Gasteiger charge is 2.44. The fraction of sp³-hybridized carbons (Fsp3) is 0.188. The highest BCUT2D eigenvalue weighted by Crippen LogP contribution is 2.38. The molecule has 4 nitrogen and oxygen atoms in total. The molecule has 120 valence electrons. The number of aliphatic carboxylic acids is 1. The molecular weight excluding hydrogens is 328 g/mol. The number of carboxylic acid groups (broad SMARTS) is 1. The maximum atomic E-state index is 13.8. The maximum Gasteiger partial charge on any atom is 0.309 e. The number of nitroso groups, excluding NO2 is 1. The zero-order valence-electron chi connectivity index (χ0n) is 11.7. The molecule has 23 heavy (non-hydrogen) atoms. The van der Waals surface area contributed by atoms with Crippen LogP contribution in [0, 0.1) is 4.91 Å². The predicted octanol–water partition coefficient (Wildman–Crippen LogP) is 4.92. The number of rotatable bonds is 6. The number of nitrogens with zero attached hydrogens (tertiary/aromatic N) is 1. The molecule has 0 aliphatic rings. The third-order valence-corrected chi connectivity index (χ3v) is 3.55. The standard InChI is InChI=1S/C16H12ClF2NO3/c17-13-7-5-11(6-8-13)10-1-3-12(4-2-10)15(20-23)16(18,19)9-14(21)22/h1-8,15H,9H2,(H,21,22). The lowest BCUT2D eigenvalue weighted by Crippen LogP contribution is -2.28. The molecule has 7 heteroatoms. The van der Waals surface area contributed by atoms with E-state index in [1.807, 2.05) is 0 Å². The lowest BCUT2D eigenvalue weighted by molar-refractivity contribution is -0.146. The first-order valence-electron chi connectivity index (χ1n) is 6.61. The van der Waals surface area contributed by atoms with Crippen LogP contribution in [0.5, 0.6) is 0 Å². The van der Waals surface area contributed by atoms with Crippen LogP contribution in [0.1, 0.15) is 18.0 Å². The smallest absolute Gasteiger partial charge is 0.309 e. The van der Waals surface area contributed by atoms with Gasteiger partial charge in [0.15, 0.2) is 6.04 Å². The normalized spacial score (nSPS) is 12.7. The molecule has 0 saturated heterocycles. The van der Waals surface area contributed by atoms with Crippen LogP contribution in [0.4, 0.5) is 8.78 Å². The topological polar surface area (TPSA) is 66.7 Å². The van der Waals surface area contributed by atoms with Gasteiger partial charge < -0.3 is 5.11 Å². The third kappa shape index (κ3) is 4.10. The minimum atomic E-state index is -3.75. The van der Waals surface area contributed by atoms with Crippen LogP contribution in [0.2, 0.25) is 5.02 Å². The molecule has 1 N–H and O–H groups in total. The molecule has 0 bridgehead atoms. The molecule has 0 amide bonds. The zero-order valence-corrected chi connectivity index (χ0v) is 12.5. The third-order valence-electron chi connectivity index (χ3n) is 3.30. The molecule has 0 fully saturated rings. The summed E-state index contributed by atoms with van der Waals surface area (Å²) in [4.78, 5) is 21.3. The van der Waals surface area contributed by atoms with E-state index in [0.717, 1.165) is 11.1 Å². The van der Waals surface area contributed by atoms with Crippen molar-refractivity contribution in [1.29, 1.82) is 0 Å². The second-order valence-electron chi connectivity index (χ2n) is 4.97. The van der Waals surface area contributed by atoms with Crippen LogP contribution in [0.3, 0.4) is 0 Å². The number of carbonyl (C=O) groups is 1. The first kappa shape index (κ1) is 17.0. The Hall–Kier alpha value is -2.34. The van der Waals surface area contributed by atoms with Gasteiger partial charge in [-0.3, -0.25) is 4.79 Å². The number of halogens is 3. The Morgan fingerprint density at radius 3 is 2.00 bits per heavy atom. The van der Waals surface area contributed by atoms with E-state index in [4.69, 9.17) is 16.7 Å². The summed E-state index contributed by atoms with van der Waals surface area (Å²) in [5.74, 6) is -5.45. The molecule has 2 aromatic rings. The Bertz CT molecular complexity index is 702. The lowest BCUT2D eigenvalue weighted by atomic mass is 9.96. The summed E-state index contributed by atoms with van der Waals surface area (Å²) in [6.07, 6.45) is -1.46. The molecule has 0 radical (unpaired) electrons. The Kier molecular flexibility index (Phi) is 5.05. The van der Waals surface area contributed by atoms with Crippen molar-refractivity contribution in [3.63, 3.8) is 0 Å². The monoisotopic (exact) mass is 339 g/mol. The lowest BCUT2D eigenvalue weighted by Gasteiger charge is -2.20. The van der Waals surface area contributed by atoms with Gasteiger partial charge in [-0.1, -0.05) is 53.2 Å². The Balaban J connectivity index is 2.28. The van der Waals surface area contributed by atoms with E-state index >= 15 is 0 Å². The van der Waals surface area contributed by atoms with Gasteiger partial charge in [0, 0.05) is 5.02 Å². The second-order valence-corrected chi connectivity index (χ2v) is 5.40. The summed E-state index contributed by atoms with van der Waals surface area (Å²) in [5, 5.41) is 11.5. The molecule has 1 unspecified atom stereocenters. The van der Waals surface area contributed by atoms with Crippen molar-refractivity contribution in [1.82, 2.24) is 0 Å². The number of benzene rings is 2. The van der Waals surface area contributed by atoms with Crippen LogP contribution >= 0.6 is 11.6 Å². The van der Waals surface area contributed by atoms with E-state index in [2.05, 4.69) is 5.18 Å². The highest BCUT2D eigenvalue weighted by atomic mass is 35.5. The molecule has 0 aliphatic heterocycles. The number of carboxylic acids is 1. The zero-order chi connectivity index (χ0) is 17.0. The molecule has 0 spiro atoms. The van der Waals surface area contributed by atoms with Crippen LogP contribution < -0.4 is 0 Å². The van der Waals surface area contributed by atoms with Crippen molar-refractivity contribution in [2.75, 3.05) is 0 Å². The summed E-state index contributed by atoms with van der Waals surface area (Å²) in [6.45, 7) is 0. The summed E-state index contributed by atoms with van der Waals surface area (Å²) >= 11 is 5.80. The maximum absolute atomic E-state index is 13.8. The fourth-order valence-corrected chi connectivity index (χ4v) is 2.31. The second kappa shape index (κ2) is 6.83. The predicted molar refractivity (Wildman–Crippen MR) is 82.6 cm³/mol. The van der Waals surface area contributed by atoms with Crippen molar-refractivity contribution in [3.05, 3.63) is 64.0 Å². The van der Waals surface area contributed by atoms with Crippen LogP contribution in [-0.4, -0.2) is 17.0 Å². The molecule has 0 aliphatic carbocycles. The average Bonchev–Trinajstić information content (AvgIpc) is 2.48. The summed E-state index contributed by atoms with van der Waals surface area (Å²) < 4.78 is 27.6. The van der Waals surface area contributed by atoms with Crippen LogP contribution in [0.25, 0.3) is 11.1 Å². The quantitative estimate of drug-likeness (QED) is 0.759. The van der Waals surface area contributed by atoms with Gasteiger partial charge in [0.2, 0.25) is 0 Å². The summed E-state index contributed by atoms with van der Waals surface area (Å²) in [6, 6.07) is 10.7. The van der Waals surface area contributed by atoms with Gasteiger partial charge in [0.25, 0.3) is 5.92 Å². The fourth-order valence-electron chi connectivity index (χ4n) is 2.18. The van der Waals surface area contributed by atoms with Gasteiger partial charge in [-0.2, -0.15) is 0 Å². The molecule has 0 saturated carbocycles. The number of hydrogen-bond donors (Lipinski definition) is 1. The van der Waals surface area contributed by atoms with Crippen molar-refractivity contribution >= 4 is 17.6 Å². The molecule has 2 aromatic carbocycles. The van der Waals surface area contributed by atoms with Gasteiger partial charge in [-0.05, 0) is 28.8 Å². The van der Waals surface area contributed by atoms with E-state index in [9.17, 15) is 18.5 Å². The number of alkyl halides is 2. The van der Waals surface area contributed by atoms with E-state index < -0.39 is 24.4 Å². The van der Waals surface area contributed by atoms with Crippen LogP contribution in [-0.2, 0) is 4.79 Å². The van der Waals surface area contributed by atoms with Crippen molar-refractivity contribution in [3.8, 4) is 11.1 Å². The van der Waals surface area contributed by atoms with Crippen molar-refractivity contribution < 1.29 is 18.7 Å². The van der Waals surface area contributed by atoms with Crippen LogP contribution in [0.15, 0.2) is 53.7 Å². The minimum Gasteiger partial charge on any atom is -0.481 e. The Morgan fingerprint density at radius 2 is 1.57 bits per heavy atom. The van der Waals surface area contributed by atoms with Gasteiger partial charge in [0.05, 0.1) is 0 Å². The number of hydrogen-bond acceptors (Lipinski definition) is 3. The molecular formula is C16H12ClF2NO3. The highest BCUT2D eigenvalue weighted by molar-refractivity contribution is 6.30. The molecule has 0 heterocycles. The first-order valence-corrected chi connectivity index (χ1v) is 6.99. The van der Waals surface area contributed by atoms with E-state index in [0.29, 0.717) is 5.02 Å². The van der Waals surface area contributed by atoms with E-state index in [1.165, 1.54) is 12.1 Å². The Morgan fingerprint density at radius 1 is 1.09 bits per heavy atom. The van der Waals surface area contributed by atoms with Crippen molar-refractivity contribution in [2.24, 2.45) is 5.18 Å². The average molecular weight is 340 g/mol. The molecule has 1 atom stereocenters. The van der Waals surface area contributed by atoms with Gasteiger partial charge >= 0.3 is 5.97 Å². The van der Waals surface area contributed by atoms with E-state index in [1.54, 1.807) is 36.4 Å². The molecule has 2 rings (SSSR count). The first-order chi connectivity index (χ1) is 10.8. The van der Waals surface area contributed by atoms with Gasteiger partial charge in [0.1, 0.15) is 6.42 Å². The minimum absolute atomic E-state index is 0.0380. The van der Waals surface area contributed by atoms with Crippen molar-refractivity contribution in [2.45, 2.75) is 18.4 Å². The molecule has 0 aromatic heterocycles. The summed E-state index contributed by atoms with van der Waals surface area (Å²) in [5.41, 5.74) is 1.54. The largest absolute Gasteiger partial charge is 0.481 e. The van der Waals surface area contributed by atoms with Gasteiger partial charge in [-0.25, -0.2) is 8.78 Å². The van der Waals surface area contributed by atoms with E-state index in [-0.39, 0.29) is 5.56 Å². The van der Waals surface area contributed by atoms with Gasteiger partial charge in [-0.15, -0.1) is 4.91 Å².